The molecule has 0 bridgehead atoms. The molecule has 5 rings (SSSR count). The van der Waals surface area contributed by atoms with E-state index in [9.17, 15) is 14.4 Å². The SMILES string of the molecule is O=C(CN1CN(c2ccccc2)C2(CCN(C(=O)Nc3ccc(Cl)cc3)CC2)C1=O)NCc1ccco1. The Kier molecular flexibility index (Phi) is 7.05. The Morgan fingerprint density at radius 2 is 1.70 bits per heavy atom. The first-order valence-corrected chi connectivity index (χ1v) is 12.5. The zero-order chi connectivity index (χ0) is 25.8. The number of urea groups is 1. The predicted octanol–water partition coefficient (Wildman–Crippen LogP) is 3.92. The topological polar surface area (TPSA) is 98.1 Å². The highest BCUT2D eigenvalue weighted by Gasteiger charge is 2.54. The van der Waals surface area contributed by atoms with Gasteiger partial charge in [0.25, 0.3) is 5.91 Å². The van der Waals surface area contributed by atoms with Gasteiger partial charge in [0.1, 0.15) is 17.8 Å². The summed E-state index contributed by atoms with van der Waals surface area (Å²) in [6.07, 6.45) is 2.47. The van der Waals surface area contributed by atoms with Gasteiger partial charge in [0, 0.05) is 29.5 Å². The molecule has 0 saturated carbocycles. The molecule has 1 aromatic heterocycles. The maximum Gasteiger partial charge on any atom is 0.321 e. The van der Waals surface area contributed by atoms with Crippen LogP contribution < -0.4 is 15.5 Å². The van der Waals surface area contributed by atoms with Crippen molar-refractivity contribution in [3.63, 3.8) is 0 Å². The fourth-order valence-corrected chi connectivity index (χ4v) is 5.09. The van der Waals surface area contributed by atoms with Gasteiger partial charge in [0.2, 0.25) is 5.91 Å². The minimum absolute atomic E-state index is 0.0502. The van der Waals surface area contributed by atoms with Crippen molar-refractivity contribution >= 4 is 40.8 Å². The van der Waals surface area contributed by atoms with E-state index < -0.39 is 5.54 Å². The Morgan fingerprint density at radius 1 is 0.973 bits per heavy atom. The highest BCUT2D eigenvalue weighted by atomic mass is 35.5. The third-order valence-corrected chi connectivity index (χ3v) is 7.18. The standard InChI is InChI=1S/C27H28ClN5O4/c28-20-8-10-21(11-9-20)30-26(36)31-14-12-27(13-15-31)25(35)32(19-33(27)22-5-2-1-3-6-22)18-24(34)29-17-23-7-4-16-37-23/h1-11,16H,12-15,17-19H2,(H,29,34)(H,30,36). The lowest BCUT2D eigenvalue weighted by molar-refractivity contribution is -0.137. The highest BCUT2D eigenvalue weighted by Crippen LogP contribution is 2.39. The van der Waals surface area contributed by atoms with Crippen molar-refractivity contribution < 1.29 is 18.8 Å². The van der Waals surface area contributed by atoms with E-state index >= 15 is 0 Å². The second-order valence-corrected chi connectivity index (χ2v) is 9.66. The quantitative estimate of drug-likeness (QED) is 0.512. The fourth-order valence-electron chi connectivity index (χ4n) is 4.97. The number of hydrogen-bond acceptors (Lipinski definition) is 5. The molecule has 9 nitrogen and oxygen atoms in total. The molecule has 192 valence electrons. The first-order valence-electron chi connectivity index (χ1n) is 12.2. The van der Waals surface area contributed by atoms with E-state index in [2.05, 4.69) is 15.5 Å². The molecule has 2 aliphatic heterocycles. The highest BCUT2D eigenvalue weighted by molar-refractivity contribution is 6.30. The van der Waals surface area contributed by atoms with E-state index in [1.807, 2.05) is 30.3 Å². The first kappa shape index (κ1) is 24.7. The molecule has 4 amide bonds. The Balaban J connectivity index is 1.27. The molecule has 2 aliphatic rings. The number of likely N-dealkylation sites (tertiary alicyclic amines) is 1. The molecule has 2 fully saturated rings. The average molecular weight is 522 g/mol. The summed E-state index contributed by atoms with van der Waals surface area (Å²) in [5.74, 6) is 0.296. The molecule has 3 heterocycles. The van der Waals surface area contributed by atoms with Crippen LogP contribution in [0.2, 0.25) is 5.02 Å². The summed E-state index contributed by atoms with van der Waals surface area (Å²) in [6, 6.07) is 20.0. The summed E-state index contributed by atoms with van der Waals surface area (Å²) in [5.41, 5.74) is 0.748. The number of rotatable bonds is 6. The number of piperidine rings is 1. The summed E-state index contributed by atoms with van der Waals surface area (Å²) in [5, 5.41) is 6.30. The van der Waals surface area contributed by atoms with Crippen LogP contribution >= 0.6 is 11.6 Å². The minimum Gasteiger partial charge on any atom is -0.467 e. The summed E-state index contributed by atoms with van der Waals surface area (Å²) >= 11 is 5.94. The minimum atomic E-state index is -0.820. The molecular weight excluding hydrogens is 494 g/mol. The Hall–Kier alpha value is -3.98. The number of carbonyl (C=O) groups is 3. The van der Waals surface area contributed by atoms with E-state index in [4.69, 9.17) is 16.0 Å². The number of amides is 4. The van der Waals surface area contributed by atoms with E-state index in [1.165, 1.54) is 0 Å². The Labute approximate surface area is 220 Å². The van der Waals surface area contributed by atoms with Crippen LogP contribution in [0.25, 0.3) is 0 Å². The summed E-state index contributed by atoms with van der Waals surface area (Å²) in [4.78, 5) is 44.7. The maximum atomic E-state index is 13.8. The van der Waals surface area contributed by atoms with E-state index in [-0.39, 0.29) is 30.9 Å². The van der Waals surface area contributed by atoms with Crippen molar-refractivity contribution in [3.8, 4) is 0 Å². The van der Waals surface area contributed by atoms with E-state index in [0.717, 1.165) is 5.69 Å². The number of halogens is 1. The van der Waals surface area contributed by atoms with Crippen LogP contribution in [0.5, 0.6) is 0 Å². The van der Waals surface area contributed by atoms with Crippen LogP contribution in [0.4, 0.5) is 16.2 Å². The number of benzene rings is 2. The molecular formula is C27H28ClN5O4. The number of anilines is 2. The molecule has 0 aliphatic carbocycles. The van der Waals surface area contributed by atoms with Crippen LogP contribution in [0.1, 0.15) is 18.6 Å². The molecule has 2 N–H and O–H groups in total. The summed E-state index contributed by atoms with van der Waals surface area (Å²) < 4.78 is 5.27. The monoisotopic (exact) mass is 521 g/mol. The normalized spacial score (nSPS) is 16.8. The number of nitrogens with one attached hydrogen (secondary N) is 2. The average Bonchev–Trinajstić information content (AvgIpc) is 3.53. The number of carbonyl (C=O) groups excluding carboxylic acids is 3. The van der Waals surface area contributed by atoms with Gasteiger partial charge in [-0.3, -0.25) is 9.59 Å². The molecule has 2 saturated heterocycles. The van der Waals surface area contributed by atoms with Gasteiger partial charge in [-0.15, -0.1) is 0 Å². The largest absolute Gasteiger partial charge is 0.467 e. The molecule has 2 aromatic carbocycles. The van der Waals surface area contributed by atoms with Crippen LogP contribution in [0.3, 0.4) is 0 Å². The third-order valence-electron chi connectivity index (χ3n) is 6.93. The fraction of sp³-hybridized carbons (Fsp3) is 0.296. The molecule has 3 aromatic rings. The van der Waals surface area contributed by atoms with Crippen LogP contribution in [0.15, 0.2) is 77.4 Å². The predicted molar refractivity (Wildman–Crippen MR) is 140 cm³/mol. The van der Waals surface area contributed by atoms with Gasteiger partial charge in [0.15, 0.2) is 0 Å². The lowest BCUT2D eigenvalue weighted by atomic mass is 9.85. The number of nitrogens with zero attached hydrogens (tertiary/aromatic N) is 3. The Morgan fingerprint density at radius 3 is 2.38 bits per heavy atom. The smallest absolute Gasteiger partial charge is 0.321 e. The van der Waals surface area contributed by atoms with Crippen molar-refractivity contribution in [3.05, 3.63) is 83.8 Å². The van der Waals surface area contributed by atoms with Gasteiger partial charge >= 0.3 is 6.03 Å². The van der Waals surface area contributed by atoms with Crippen molar-refractivity contribution in [2.45, 2.75) is 24.9 Å². The van der Waals surface area contributed by atoms with Crippen LogP contribution in [0, 0.1) is 0 Å². The number of para-hydroxylation sites is 1. The molecule has 37 heavy (non-hydrogen) atoms. The maximum absolute atomic E-state index is 13.8. The third kappa shape index (κ3) is 5.27. The van der Waals surface area contributed by atoms with E-state index in [1.54, 1.807) is 52.5 Å². The second-order valence-electron chi connectivity index (χ2n) is 9.22. The molecule has 0 unspecified atom stereocenters. The number of hydrogen-bond donors (Lipinski definition) is 2. The van der Waals surface area contributed by atoms with Gasteiger partial charge in [-0.2, -0.15) is 0 Å². The summed E-state index contributed by atoms with van der Waals surface area (Å²) in [6.45, 7) is 1.33. The van der Waals surface area contributed by atoms with Crippen molar-refractivity contribution in [2.24, 2.45) is 0 Å². The molecule has 10 heteroatoms. The molecule has 0 atom stereocenters. The summed E-state index contributed by atoms with van der Waals surface area (Å²) in [7, 11) is 0. The van der Waals surface area contributed by atoms with Gasteiger partial charge in [-0.1, -0.05) is 29.8 Å². The van der Waals surface area contributed by atoms with E-state index in [0.29, 0.717) is 49.1 Å². The lowest BCUT2D eigenvalue weighted by Crippen LogP contribution is -2.58. The van der Waals surface area contributed by atoms with Gasteiger partial charge in [0.05, 0.1) is 19.5 Å². The number of furan rings is 1. The van der Waals surface area contributed by atoms with Crippen molar-refractivity contribution in [1.82, 2.24) is 15.1 Å². The zero-order valence-corrected chi connectivity index (χ0v) is 21.0. The molecule has 0 radical (unpaired) electrons. The van der Waals surface area contributed by atoms with Crippen LogP contribution in [-0.2, 0) is 16.1 Å². The lowest BCUT2D eigenvalue weighted by Gasteiger charge is -2.43. The van der Waals surface area contributed by atoms with Gasteiger partial charge in [-0.05, 0) is 61.4 Å². The second kappa shape index (κ2) is 10.6. The van der Waals surface area contributed by atoms with Gasteiger partial charge < -0.3 is 29.8 Å². The van der Waals surface area contributed by atoms with Gasteiger partial charge in [-0.25, -0.2) is 4.79 Å². The van der Waals surface area contributed by atoms with Crippen molar-refractivity contribution in [2.75, 3.05) is 36.5 Å². The Bertz CT molecular complexity index is 1240. The molecule has 1 spiro atoms. The van der Waals surface area contributed by atoms with Crippen molar-refractivity contribution in [1.29, 1.82) is 0 Å². The first-order chi connectivity index (χ1) is 17.9. The van der Waals surface area contributed by atoms with Crippen LogP contribution in [-0.4, -0.2) is 59.5 Å². The zero-order valence-electron chi connectivity index (χ0n) is 20.2.